The zero-order chi connectivity index (χ0) is 13.8. The molecule has 0 bridgehead atoms. The molecule has 7 heteroatoms. The highest BCUT2D eigenvalue weighted by atomic mass is 19.4. The number of halogens is 5. The largest absolute Gasteiger partial charge is 0.411 e. The molecule has 0 amide bonds. The Kier molecular flexibility index (Phi) is 4.77. The predicted molar refractivity (Wildman–Crippen MR) is 51.9 cm³/mol. The van der Waals surface area contributed by atoms with E-state index in [1.54, 1.807) is 0 Å². The molecule has 1 aromatic rings. The molecule has 0 N–H and O–H groups in total. The number of hydrogen-bond donors (Lipinski definition) is 0. The molecule has 0 aliphatic heterocycles. The van der Waals surface area contributed by atoms with Crippen LogP contribution in [0, 0.1) is 11.6 Å². The van der Waals surface area contributed by atoms with Gasteiger partial charge < -0.3 is 4.74 Å². The van der Waals surface area contributed by atoms with E-state index in [4.69, 9.17) is 0 Å². The van der Waals surface area contributed by atoms with Crippen LogP contribution in [0.4, 0.5) is 22.0 Å². The second kappa shape index (κ2) is 5.90. The average molecular weight is 268 g/mol. The molecule has 0 unspecified atom stereocenters. The maximum absolute atomic E-state index is 13.1. The molecule has 100 valence electrons. The van der Waals surface area contributed by atoms with Crippen molar-refractivity contribution < 1.29 is 31.5 Å². The Morgan fingerprint density at radius 2 is 1.72 bits per heavy atom. The fourth-order valence-corrected chi connectivity index (χ4v) is 1.23. The monoisotopic (exact) mass is 268 g/mol. The third kappa shape index (κ3) is 4.79. The fourth-order valence-electron chi connectivity index (χ4n) is 1.23. The summed E-state index contributed by atoms with van der Waals surface area (Å²) in [5.74, 6) is -2.67. The van der Waals surface area contributed by atoms with Crippen LogP contribution < -0.4 is 0 Å². The summed E-state index contributed by atoms with van der Waals surface area (Å²) in [6.45, 7) is -2.41. The number of benzene rings is 1. The van der Waals surface area contributed by atoms with Crippen molar-refractivity contribution in [3.63, 3.8) is 0 Å². The van der Waals surface area contributed by atoms with Crippen molar-refractivity contribution in [3.05, 3.63) is 35.4 Å². The summed E-state index contributed by atoms with van der Waals surface area (Å²) in [7, 11) is 0. The summed E-state index contributed by atoms with van der Waals surface area (Å²) in [4.78, 5) is 11.2. The zero-order valence-corrected chi connectivity index (χ0v) is 9.06. The highest BCUT2D eigenvalue weighted by Crippen LogP contribution is 2.15. The maximum Gasteiger partial charge on any atom is 0.411 e. The van der Waals surface area contributed by atoms with Crippen LogP contribution >= 0.6 is 0 Å². The number of Topliss-reactive ketones (excluding diaryl/α,β-unsaturated/α-hetero) is 1. The molecule has 1 aromatic carbocycles. The van der Waals surface area contributed by atoms with E-state index in [0.29, 0.717) is 0 Å². The highest BCUT2D eigenvalue weighted by Gasteiger charge is 2.27. The molecule has 2 nitrogen and oxygen atoms in total. The van der Waals surface area contributed by atoms with E-state index >= 15 is 0 Å². The quantitative estimate of drug-likeness (QED) is 0.767. The Hall–Kier alpha value is -1.50. The Morgan fingerprint density at radius 1 is 1.17 bits per heavy atom. The van der Waals surface area contributed by atoms with Crippen molar-refractivity contribution in [2.24, 2.45) is 0 Å². The van der Waals surface area contributed by atoms with Crippen molar-refractivity contribution >= 4 is 5.78 Å². The van der Waals surface area contributed by atoms with Gasteiger partial charge in [0.05, 0.1) is 0 Å². The second-order valence-corrected chi connectivity index (χ2v) is 3.52. The molecule has 0 aromatic heterocycles. The summed E-state index contributed by atoms with van der Waals surface area (Å²) in [5, 5.41) is 0. The van der Waals surface area contributed by atoms with E-state index in [2.05, 4.69) is 4.74 Å². The maximum atomic E-state index is 13.1. The number of ether oxygens (including phenoxy) is 1. The van der Waals surface area contributed by atoms with Gasteiger partial charge >= 0.3 is 6.18 Å². The van der Waals surface area contributed by atoms with Gasteiger partial charge in [-0.2, -0.15) is 13.2 Å². The molecular weight excluding hydrogens is 259 g/mol. The average Bonchev–Trinajstić information content (AvgIpc) is 2.22. The standard InChI is InChI=1S/C11H9F5O2/c12-9-2-1-3-10(13)8(9)4-7(17)5-18-6-11(14,15)16/h1-3H,4-6H2. The normalized spacial score (nSPS) is 11.6. The van der Waals surface area contributed by atoms with Gasteiger partial charge in [0, 0.05) is 12.0 Å². The number of alkyl halides is 3. The smallest absolute Gasteiger partial charge is 0.364 e. The Bertz CT molecular complexity index is 408. The lowest BCUT2D eigenvalue weighted by Gasteiger charge is -2.07. The fraction of sp³-hybridized carbons (Fsp3) is 0.364. The Balaban J connectivity index is 2.50. The molecule has 0 atom stereocenters. The van der Waals surface area contributed by atoms with Gasteiger partial charge in [0.25, 0.3) is 0 Å². The molecule has 0 saturated carbocycles. The molecule has 0 saturated heterocycles. The van der Waals surface area contributed by atoms with E-state index in [1.165, 1.54) is 0 Å². The molecule has 0 fully saturated rings. The summed E-state index contributed by atoms with van der Waals surface area (Å²) < 4.78 is 65.4. The van der Waals surface area contributed by atoms with E-state index in [0.717, 1.165) is 18.2 Å². The topological polar surface area (TPSA) is 26.3 Å². The number of carbonyl (C=O) groups is 1. The van der Waals surface area contributed by atoms with E-state index in [1.807, 2.05) is 0 Å². The van der Waals surface area contributed by atoms with E-state index in [9.17, 15) is 26.7 Å². The van der Waals surface area contributed by atoms with Crippen LogP contribution in [0.25, 0.3) is 0 Å². The SMILES string of the molecule is O=C(COCC(F)(F)F)Cc1c(F)cccc1F. The number of ketones is 1. The van der Waals surface area contributed by atoms with Crippen molar-refractivity contribution in [2.45, 2.75) is 12.6 Å². The molecule has 0 heterocycles. The minimum atomic E-state index is -4.54. The van der Waals surface area contributed by atoms with Crippen molar-refractivity contribution in [1.82, 2.24) is 0 Å². The first-order valence-electron chi connectivity index (χ1n) is 4.88. The van der Waals surface area contributed by atoms with Crippen LogP contribution in [0.2, 0.25) is 0 Å². The highest BCUT2D eigenvalue weighted by molar-refractivity contribution is 5.82. The number of rotatable bonds is 5. The number of hydrogen-bond acceptors (Lipinski definition) is 2. The van der Waals surface area contributed by atoms with Gasteiger partial charge in [-0.05, 0) is 12.1 Å². The summed E-state index contributed by atoms with van der Waals surface area (Å²) in [5.41, 5.74) is -0.474. The van der Waals surface area contributed by atoms with Gasteiger partial charge in [0.2, 0.25) is 0 Å². The molecule has 1 rings (SSSR count). The molecule has 0 aliphatic rings. The van der Waals surface area contributed by atoms with Crippen LogP contribution in [0.3, 0.4) is 0 Å². The van der Waals surface area contributed by atoms with E-state index in [-0.39, 0.29) is 0 Å². The minimum absolute atomic E-state index is 0.474. The van der Waals surface area contributed by atoms with Gasteiger partial charge in [-0.15, -0.1) is 0 Å². The third-order valence-electron chi connectivity index (χ3n) is 1.96. The van der Waals surface area contributed by atoms with Crippen LogP contribution in [-0.2, 0) is 16.0 Å². The summed E-state index contributed by atoms with van der Waals surface area (Å²) >= 11 is 0. The minimum Gasteiger partial charge on any atom is -0.364 e. The molecular formula is C11H9F5O2. The first kappa shape index (κ1) is 14.6. The first-order chi connectivity index (χ1) is 8.29. The van der Waals surface area contributed by atoms with Gasteiger partial charge in [-0.25, -0.2) is 8.78 Å². The lowest BCUT2D eigenvalue weighted by atomic mass is 10.1. The molecule has 0 spiro atoms. The first-order valence-corrected chi connectivity index (χ1v) is 4.88. The van der Waals surface area contributed by atoms with Gasteiger partial charge in [-0.1, -0.05) is 6.07 Å². The van der Waals surface area contributed by atoms with Crippen LogP contribution in [0.15, 0.2) is 18.2 Å². The van der Waals surface area contributed by atoms with Crippen molar-refractivity contribution in [1.29, 1.82) is 0 Å². The Morgan fingerprint density at radius 3 is 2.22 bits per heavy atom. The summed E-state index contributed by atoms with van der Waals surface area (Å²) in [6.07, 6.45) is -5.18. The summed E-state index contributed by atoms with van der Waals surface area (Å²) in [6, 6.07) is 3.04. The van der Waals surface area contributed by atoms with Crippen LogP contribution in [0.5, 0.6) is 0 Å². The molecule has 18 heavy (non-hydrogen) atoms. The Labute approximate surface area is 99.4 Å². The van der Waals surface area contributed by atoms with Crippen molar-refractivity contribution in [3.8, 4) is 0 Å². The zero-order valence-electron chi connectivity index (χ0n) is 9.06. The van der Waals surface area contributed by atoms with Gasteiger partial charge in [0.15, 0.2) is 5.78 Å². The molecule has 0 aliphatic carbocycles. The lowest BCUT2D eigenvalue weighted by molar-refractivity contribution is -0.175. The van der Waals surface area contributed by atoms with Gasteiger partial charge in [0.1, 0.15) is 24.8 Å². The van der Waals surface area contributed by atoms with Crippen LogP contribution in [0.1, 0.15) is 5.56 Å². The van der Waals surface area contributed by atoms with Gasteiger partial charge in [-0.3, -0.25) is 4.79 Å². The predicted octanol–water partition coefficient (Wildman–Crippen LogP) is 2.66. The lowest BCUT2D eigenvalue weighted by Crippen LogP contribution is -2.21. The number of carbonyl (C=O) groups excluding carboxylic acids is 1. The van der Waals surface area contributed by atoms with Crippen LogP contribution in [-0.4, -0.2) is 25.2 Å². The third-order valence-corrected chi connectivity index (χ3v) is 1.96. The second-order valence-electron chi connectivity index (χ2n) is 3.52. The van der Waals surface area contributed by atoms with E-state index < -0.39 is 48.8 Å². The molecule has 0 radical (unpaired) electrons. The van der Waals surface area contributed by atoms with Crippen molar-refractivity contribution in [2.75, 3.05) is 13.2 Å².